The molecule has 1 saturated carbocycles. The molecule has 3 aliphatic rings. The van der Waals surface area contributed by atoms with Gasteiger partial charge in [-0.15, -0.1) is 0 Å². The zero-order chi connectivity index (χ0) is 30.2. The Kier molecular flexibility index (Phi) is 7.52. The molecule has 2 aliphatic heterocycles. The summed E-state index contributed by atoms with van der Waals surface area (Å²) in [7, 11) is 5.23. The van der Waals surface area contributed by atoms with E-state index in [0.717, 1.165) is 29.8 Å². The number of nitrogens with zero attached hydrogens (tertiary/aromatic N) is 7. The molecule has 2 fully saturated rings. The van der Waals surface area contributed by atoms with Gasteiger partial charge in [-0.25, -0.2) is 24.3 Å². The third-order valence-corrected chi connectivity index (χ3v) is 8.30. The lowest BCUT2D eigenvalue weighted by Gasteiger charge is -2.36. The predicted octanol–water partition coefficient (Wildman–Crippen LogP) is 3.07. The molecule has 3 aromatic heterocycles. The molecule has 1 aromatic carbocycles. The van der Waals surface area contributed by atoms with Gasteiger partial charge in [-0.1, -0.05) is 0 Å². The summed E-state index contributed by atoms with van der Waals surface area (Å²) in [6.45, 7) is 3.44. The number of anilines is 4. The first kappa shape index (κ1) is 28.1. The molecular weight excluding hydrogens is 566 g/mol. The number of rotatable bonds is 6. The highest BCUT2D eigenvalue weighted by Crippen LogP contribution is 2.33. The highest BCUT2D eigenvalue weighted by atomic mass is 16.5. The fraction of sp³-hybridized carbons (Fsp3) is 0.433. The Morgan fingerprint density at radius 1 is 1.05 bits per heavy atom. The molecule has 0 radical (unpaired) electrons. The smallest absolute Gasteiger partial charge is 0.328 e. The summed E-state index contributed by atoms with van der Waals surface area (Å²) in [5.74, 6) is 3.12. The molecule has 14 nitrogen and oxygen atoms in total. The van der Waals surface area contributed by atoms with Crippen LogP contribution >= 0.6 is 0 Å². The highest BCUT2D eigenvalue weighted by molar-refractivity contribution is 5.95. The Morgan fingerprint density at radius 3 is 2.66 bits per heavy atom. The maximum absolute atomic E-state index is 13.5. The molecule has 2 N–H and O–H groups in total. The van der Waals surface area contributed by atoms with Crippen LogP contribution in [0, 0.1) is 0 Å². The fourth-order valence-corrected chi connectivity index (χ4v) is 5.71. The molecule has 7 rings (SSSR count). The number of amides is 1. The van der Waals surface area contributed by atoms with Crippen LogP contribution in [0.25, 0.3) is 11.2 Å². The van der Waals surface area contributed by atoms with Crippen LogP contribution in [0.2, 0.25) is 0 Å². The predicted molar refractivity (Wildman–Crippen MR) is 163 cm³/mol. The number of aromatic nitrogens is 5. The summed E-state index contributed by atoms with van der Waals surface area (Å²) in [6.07, 6.45) is 3.09. The van der Waals surface area contributed by atoms with Crippen molar-refractivity contribution in [3.63, 3.8) is 0 Å². The summed E-state index contributed by atoms with van der Waals surface area (Å²) >= 11 is 0. The van der Waals surface area contributed by atoms with Crippen molar-refractivity contribution < 1.29 is 23.7 Å². The lowest BCUT2D eigenvalue weighted by molar-refractivity contribution is -0.0335. The maximum Gasteiger partial charge on any atom is 0.328 e. The number of ether oxygens (including phenoxy) is 4. The van der Waals surface area contributed by atoms with Crippen molar-refractivity contribution in [2.24, 2.45) is 0 Å². The number of benzene rings is 1. The molecule has 14 heteroatoms. The highest BCUT2D eigenvalue weighted by Gasteiger charge is 2.34. The number of hydrogen-bond donors (Lipinski definition) is 2. The second kappa shape index (κ2) is 11.8. The van der Waals surface area contributed by atoms with Gasteiger partial charge in [0.1, 0.15) is 35.0 Å². The Hall–Kier alpha value is -4.69. The van der Waals surface area contributed by atoms with Gasteiger partial charge in [0.2, 0.25) is 5.95 Å². The molecule has 2 atom stereocenters. The van der Waals surface area contributed by atoms with Crippen molar-refractivity contribution >= 4 is 40.5 Å². The summed E-state index contributed by atoms with van der Waals surface area (Å²) in [6, 6.07) is 9.11. The number of fused-ring (bicyclic) bond motifs is 4. The van der Waals surface area contributed by atoms with E-state index in [9.17, 15) is 4.79 Å². The average Bonchev–Trinajstić information content (AvgIpc) is 3.47. The Labute approximate surface area is 254 Å². The fourth-order valence-electron chi connectivity index (χ4n) is 5.71. The first-order chi connectivity index (χ1) is 21.5. The first-order valence-electron chi connectivity index (χ1n) is 14.7. The van der Waals surface area contributed by atoms with Crippen molar-refractivity contribution in [1.82, 2.24) is 29.8 Å². The van der Waals surface area contributed by atoms with E-state index in [1.165, 1.54) is 10.9 Å². The number of carbonyl (C=O) groups is 1. The van der Waals surface area contributed by atoms with Crippen LogP contribution in [-0.4, -0.2) is 90.3 Å². The molecule has 230 valence electrons. The maximum atomic E-state index is 13.5. The van der Waals surface area contributed by atoms with Crippen molar-refractivity contribution in [1.29, 1.82) is 0 Å². The van der Waals surface area contributed by atoms with E-state index < -0.39 is 0 Å². The third kappa shape index (κ3) is 5.42. The summed E-state index contributed by atoms with van der Waals surface area (Å²) < 4.78 is 24.2. The second-order valence-electron chi connectivity index (χ2n) is 11.1. The van der Waals surface area contributed by atoms with E-state index >= 15 is 0 Å². The van der Waals surface area contributed by atoms with Crippen LogP contribution < -0.4 is 29.9 Å². The largest absolute Gasteiger partial charge is 0.497 e. The zero-order valence-corrected chi connectivity index (χ0v) is 24.9. The van der Waals surface area contributed by atoms with E-state index in [1.54, 1.807) is 14.2 Å². The normalized spacial score (nSPS) is 19.8. The number of carbonyl (C=O) groups excluding carboxylic acids is 1. The molecule has 4 bridgehead atoms. The van der Waals surface area contributed by atoms with Crippen LogP contribution in [-0.2, 0) is 22.6 Å². The van der Waals surface area contributed by atoms with Gasteiger partial charge in [0.05, 0.1) is 57.6 Å². The van der Waals surface area contributed by atoms with Gasteiger partial charge in [-0.3, -0.25) is 0 Å². The minimum absolute atomic E-state index is 0.112. The molecular formula is C30H35N9O5. The van der Waals surface area contributed by atoms with Gasteiger partial charge >= 0.3 is 6.03 Å². The van der Waals surface area contributed by atoms with Crippen molar-refractivity contribution in [3.8, 4) is 11.5 Å². The molecule has 1 amide bonds. The molecule has 44 heavy (non-hydrogen) atoms. The van der Waals surface area contributed by atoms with Gasteiger partial charge < -0.3 is 39.4 Å². The second-order valence-corrected chi connectivity index (χ2v) is 11.1. The number of methoxy groups -OCH3 is 2. The minimum Gasteiger partial charge on any atom is -0.497 e. The Morgan fingerprint density at radius 2 is 1.89 bits per heavy atom. The van der Waals surface area contributed by atoms with E-state index in [2.05, 4.69) is 25.4 Å². The van der Waals surface area contributed by atoms with Gasteiger partial charge in [0, 0.05) is 50.4 Å². The van der Waals surface area contributed by atoms with Crippen LogP contribution in [0.1, 0.15) is 24.1 Å². The van der Waals surface area contributed by atoms with E-state index in [4.69, 9.17) is 33.9 Å². The Balaban J connectivity index is 1.30. The Bertz CT molecular complexity index is 1690. The van der Waals surface area contributed by atoms with Crippen molar-refractivity contribution in [2.45, 2.75) is 38.1 Å². The van der Waals surface area contributed by atoms with Crippen LogP contribution in [0.3, 0.4) is 0 Å². The summed E-state index contributed by atoms with van der Waals surface area (Å²) in [4.78, 5) is 36.8. The van der Waals surface area contributed by atoms with Gasteiger partial charge in [0.15, 0.2) is 5.65 Å². The minimum atomic E-state index is -0.303. The number of pyridine rings is 1. The standard InChI is InChI=1S/C30H35N9O5/c1-37(15-18-4-5-20(41-2)13-24(18)42-3)22-14-26-34-25-12-19(32-29(36-25)38-8-10-43-11-9-38)16-44-23-7-6-21(23)33-30(40)39-17-31-27(22)28(39)35-26/h4-5,12-14,17,21,23H,6-11,15-16H2,1-3H3,(H,33,40)(H,32,34,35,36)/t21-,23-/m1/s1. The third-order valence-electron chi connectivity index (χ3n) is 8.30. The monoisotopic (exact) mass is 601 g/mol. The van der Waals surface area contributed by atoms with E-state index in [1.807, 2.05) is 37.4 Å². The molecule has 0 spiro atoms. The number of imidazole rings is 1. The zero-order valence-electron chi connectivity index (χ0n) is 24.9. The number of hydrogen-bond acceptors (Lipinski definition) is 12. The van der Waals surface area contributed by atoms with E-state index in [0.29, 0.717) is 79.7 Å². The first-order valence-corrected chi connectivity index (χ1v) is 14.7. The number of morpholine rings is 1. The molecule has 5 heterocycles. The van der Waals surface area contributed by atoms with Crippen molar-refractivity contribution in [3.05, 3.63) is 47.9 Å². The number of nitrogens with one attached hydrogen (secondary N) is 2. The lowest BCUT2D eigenvalue weighted by Crippen LogP contribution is -2.52. The van der Waals surface area contributed by atoms with Gasteiger partial charge in [-0.05, 0) is 25.0 Å². The van der Waals surface area contributed by atoms with Crippen molar-refractivity contribution in [2.75, 3.05) is 62.7 Å². The van der Waals surface area contributed by atoms with Crippen LogP contribution in [0.5, 0.6) is 11.5 Å². The molecule has 0 unspecified atom stereocenters. The topological polar surface area (TPSA) is 141 Å². The molecule has 1 aliphatic carbocycles. The van der Waals surface area contributed by atoms with Crippen LogP contribution in [0.4, 0.5) is 28.1 Å². The van der Waals surface area contributed by atoms with Crippen LogP contribution in [0.15, 0.2) is 36.7 Å². The quantitative estimate of drug-likeness (QED) is 0.336. The molecule has 4 aromatic rings. The lowest BCUT2D eigenvalue weighted by atomic mass is 9.89. The van der Waals surface area contributed by atoms with Gasteiger partial charge in [0.25, 0.3) is 0 Å². The summed E-state index contributed by atoms with van der Waals surface area (Å²) in [5, 5.41) is 6.49. The summed E-state index contributed by atoms with van der Waals surface area (Å²) in [5.41, 5.74) is 3.50. The molecule has 1 saturated heterocycles. The van der Waals surface area contributed by atoms with Gasteiger partial charge in [-0.2, -0.15) is 4.98 Å². The average molecular weight is 602 g/mol. The van der Waals surface area contributed by atoms with E-state index in [-0.39, 0.29) is 18.2 Å². The SMILES string of the molecule is COc1ccc(CN(C)c2cc3nc4c2ncn4C(=O)N[C@@H]2CC[C@H]2OCc2cc(nc(N4CCOCC4)n2)N3)c(OC)c1.